The molecule has 0 aliphatic carbocycles. The van der Waals surface area contributed by atoms with Crippen LogP contribution in [0.25, 0.3) is 0 Å². The molecule has 0 saturated heterocycles. The second kappa shape index (κ2) is 6.78. The Bertz CT molecular complexity index is 438. The highest BCUT2D eigenvalue weighted by molar-refractivity contribution is 5.44. The van der Waals surface area contributed by atoms with Gasteiger partial charge in [0.1, 0.15) is 6.10 Å². The number of hydrogen-bond donors (Lipinski definition) is 1. The van der Waals surface area contributed by atoms with Crippen molar-refractivity contribution in [1.29, 1.82) is 0 Å². The van der Waals surface area contributed by atoms with Crippen molar-refractivity contribution in [3.63, 3.8) is 0 Å². The predicted octanol–water partition coefficient (Wildman–Crippen LogP) is 3.42. The summed E-state index contributed by atoms with van der Waals surface area (Å²) in [5.74, 6) is -4.11. The molecule has 1 rings (SSSR count). The highest BCUT2D eigenvalue weighted by Crippen LogP contribution is 2.39. The van der Waals surface area contributed by atoms with E-state index in [1.807, 2.05) is 0 Å². The van der Waals surface area contributed by atoms with Gasteiger partial charge >= 0.3 is 12.3 Å². The molecule has 3 nitrogen and oxygen atoms in total. The first-order valence-corrected chi connectivity index (χ1v) is 6.08. The zero-order chi connectivity index (χ0) is 15.3. The van der Waals surface area contributed by atoms with Gasteiger partial charge in [-0.05, 0) is 31.5 Å². The SMILES string of the molecule is CCOc1ccc(C(O)C(F)(F)C(F)F)cc1OCC. The molecule has 0 fully saturated rings. The zero-order valence-corrected chi connectivity index (χ0v) is 11.1. The highest BCUT2D eigenvalue weighted by Gasteiger charge is 2.48. The van der Waals surface area contributed by atoms with E-state index < -0.39 is 18.5 Å². The molecule has 1 N–H and O–H groups in total. The molecule has 0 saturated carbocycles. The van der Waals surface area contributed by atoms with Crippen LogP contribution in [-0.4, -0.2) is 30.7 Å². The van der Waals surface area contributed by atoms with Crippen LogP contribution in [0.15, 0.2) is 18.2 Å². The third-order valence-corrected chi connectivity index (χ3v) is 2.54. The van der Waals surface area contributed by atoms with Gasteiger partial charge in [0.25, 0.3) is 0 Å². The number of alkyl halides is 4. The fraction of sp³-hybridized carbons (Fsp3) is 0.538. The van der Waals surface area contributed by atoms with E-state index in [2.05, 4.69) is 0 Å². The molecule has 1 aromatic carbocycles. The molecule has 114 valence electrons. The number of aliphatic hydroxyl groups excluding tert-OH is 1. The molecule has 0 heterocycles. The summed E-state index contributed by atoms with van der Waals surface area (Å²) in [6.45, 7) is 3.97. The van der Waals surface area contributed by atoms with Gasteiger partial charge in [-0.25, -0.2) is 8.78 Å². The van der Waals surface area contributed by atoms with Crippen LogP contribution in [0.2, 0.25) is 0 Å². The summed E-state index contributed by atoms with van der Waals surface area (Å²) in [6.07, 6.45) is -6.57. The van der Waals surface area contributed by atoms with E-state index in [1.165, 1.54) is 6.07 Å². The summed E-state index contributed by atoms with van der Waals surface area (Å²) in [5.41, 5.74) is -0.359. The Hall–Kier alpha value is -1.50. The molecule has 20 heavy (non-hydrogen) atoms. The van der Waals surface area contributed by atoms with Crippen LogP contribution in [0, 0.1) is 0 Å². The fourth-order valence-electron chi connectivity index (χ4n) is 1.58. The summed E-state index contributed by atoms with van der Waals surface area (Å²) in [4.78, 5) is 0. The molecular formula is C13H16F4O3. The van der Waals surface area contributed by atoms with Gasteiger partial charge in [0, 0.05) is 0 Å². The first-order valence-electron chi connectivity index (χ1n) is 6.08. The molecule has 0 spiro atoms. The van der Waals surface area contributed by atoms with Gasteiger partial charge in [-0.15, -0.1) is 0 Å². The van der Waals surface area contributed by atoms with Gasteiger partial charge < -0.3 is 14.6 Å². The first-order chi connectivity index (χ1) is 9.34. The van der Waals surface area contributed by atoms with Crippen molar-refractivity contribution >= 4 is 0 Å². The summed E-state index contributed by atoms with van der Waals surface area (Å²) in [6, 6.07) is 3.48. The van der Waals surface area contributed by atoms with Gasteiger partial charge in [-0.1, -0.05) is 6.07 Å². The lowest BCUT2D eigenvalue weighted by atomic mass is 10.0. The standard InChI is InChI=1S/C13H16F4O3/c1-3-19-9-6-5-8(7-10(9)20-4-2)11(18)13(16,17)12(14)15/h5-7,11-12,18H,3-4H2,1-2H3. The van der Waals surface area contributed by atoms with Crippen molar-refractivity contribution in [1.82, 2.24) is 0 Å². The second-order valence-corrected chi connectivity index (χ2v) is 3.95. The maximum absolute atomic E-state index is 13.1. The van der Waals surface area contributed by atoms with Crippen molar-refractivity contribution in [2.45, 2.75) is 32.3 Å². The Kier molecular flexibility index (Phi) is 5.62. The van der Waals surface area contributed by atoms with Crippen molar-refractivity contribution in [2.24, 2.45) is 0 Å². The van der Waals surface area contributed by atoms with E-state index in [-0.39, 0.29) is 17.9 Å². The Morgan fingerprint density at radius 3 is 2.15 bits per heavy atom. The molecule has 0 aliphatic rings. The third kappa shape index (κ3) is 3.53. The van der Waals surface area contributed by atoms with Gasteiger partial charge in [0.05, 0.1) is 13.2 Å². The van der Waals surface area contributed by atoms with Gasteiger partial charge in [-0.3, -0.25) is 0 Å². The Balaban J connectivity index is 3.10. The Labute approximate surface area is 114 Å². The van der Waals surface area contributed by atoms with Crippen LogP contribution in [0.3, 0.4) is 0 Å². The average molecular weight is 296 g/mol. The topological polar surface area (TPSA) is 38.7 Å². The van der Waals surface area contributed by atoms with E-state index in [0.29, 0.717) is 12.4 Å². The average Bonchev–Trinajstić information content (AvgIpc) is 2.40. The van der Waals surface area contributed by atoms with Gasteiger partial charge in [-0.2, -0.15) is 8.78 Å². The first kappa shape index (κ1) is 16.6. The van der Waals surface area contributed by atoms with Crippen LogP contribution >= 0.6 is 0 Å². The van der Waals surface area contributed by atoms with E-state index >= 15 is 0 Å². The Morgan fingerprint density at radius 2 is 1.65 bits per heavy atom. The maximum Gasteiger partial charge on any atom is 0.336 e. The van der Waals surface area contributed by atoms with Crippen LogP contribution in [0.1, 0.15) is 25.5 Å². The molecule has 0 bridgehead atoms. The predicted molar refractivity (Wildman–Crippen MR) is 64.7 cm³/mol. The lowest BCUT2D eigenvalue weighted by Gasteiger charge is -2.22. The van der Waals surface area contributed by atoms with Crippen molar-refractivity contribution in [3.8, 4) is 11.5 Å². The number of halogens is 4. The van der Waals surface area contributed by atoms with E-state index in [4.69, 9.17) is 9.47 Å². The second-order valence-electron chi connectivity index (χ2n) is 3.95. The van der Waals surface area contributed by atoms with Crippen molar-refractivity contribution in [3.05, 3.63) is 23.8 Å². The number of benzene rings is 1. The molecule has 1 aromatic rings. The molecule has 0 amide bonds. The molecule has 0 radical (unpaired) electrons. The minimum atomic E-state index is -4.53. The van der Waals surface area contributed by atoms with Crippen molar-refractivity contribution < 1.29 is 32.1 Å². The normalized spacial score (nSPS) is 13.4. The summed E-state index contributed by atoms with van der Waals surface area (Å²) >= 11 is 0. The summed E-state index contributed by atoms with van der Waals surface area (Å²) in [5, 5.41) is 9.41. The zero-order valence-electron chi connectivity index (χ0n) is 11.1. The third-order valence-electron chi connectivity index (χ3n) is 2.54. The number of rotatable bonds is 7. The van der Waals surface area contributed by atoms with E-state index in [9.17, 15) is 22.7 Å². The quantitative estimate of drug-likeness (QED) is 0.784. The molecule has 0 aromatic heterocycles. The largest absolute Gasteiger partial charge is 0.490 e. The lowest BCUT2D eigenvalue weighted by molar-refractivity contribution is -0.193. The van der Waals surface area contributed by atoms with Crippen LogP contribution in [0.5, 0.6) is 11.5 Å². The summed E-state index contributed by atoms with van der Waals surface area (Å²) < 4.78 is 61.1. The smallest absolute Gasteiger partial charge is 0.336 e. The maximum atomic E-state index is 13.1. The number of ether oxygens (including phenoxy) is 2. The number of aliphatic hydroxyl groups is 1. The molecule has 7 heteroatoms. The monoisotopic (exact) mass is 296 g/mol. The Morgan fingerprint density at radius 1 is 1.10 bits per heavy atom. The highest BCUT2D eigenvalue weighted by atomic mass is 19.3. The minimum Gasteiger partial charge on any atom is -0.490 e. The fourth-order valence-corrected chi connectivity index (χ4v) is 1.58. The van der Waals surface area contributed by atoms with E-state index in [0.717, 1.165) is 12.1 Å². The number of hydrogen-bond acceptors (Lipinski definition) is 3. The lowest BCUT2D eigenvalue weighted by Crippen LogP contribution is -2.34. The van der Waals surface area contributed by atoms with Crippen LogP contribution in [-0.2, 0) is 0 Å². The van der Waals surface area contributed by atoms with Gasteiger partial charge in [0.2, 0.25) is 0 Å². The van der Waals surface area contributed by atoms with Crippen molar-refractivity contribution in [2.75, 3.05) is 13.2 Å². The molecular weight excluding hydrogens is 280 g/mol. The summed E-state index contributed by atoms with van der Waals surface area (Å²) in [7, 11) is 0. The van der Waals surface area contributed by atoms with Crippen LogP contribution < -0.4 is 9.47 Å². The minimum absolute atomic E-state index is 0.121. The molecule has 1 atom stereocenters. The molecule has 0 aliphatic heterocycles. The molecule has 1 unspecified atom stereocenters. The van der Waals surface area contributed by atoms with Crippen LogP contribution in [0.4, 0.5) is 17.6 Å². The van der Waals surface area contributed by atoms with E-state index in [1.54, 1.807) is 13.8 Å². The van der Waals surface area contributed by atoms with Gasteiger partial charge in [0.15, 0.2) is 11.5 Å².